The number of para-hydroxylation sites is 1. The van der Waals surface area contributed by atoms with Crippen molar-refractivity contribution in [1.82, 2.24) is 15.6 Å². The van der Waals surface area contributed by atoms with E-state index < -0.39 is 0 Å². The molecule has 0 unspecified atom stereocenters. The Kier molecular flexibility index (Phi) is 6.16. The fourth-order valence-corrected chi connectivity index (χ4v) is 3.75. The van der Waals surface area contributed by atoms with Crippen LogP contribution in [0.4, 0.5) is 5.13 Å². The molecule has 0 aliphatic rings. The fourth-order valence-electron chi connectivity index (χ4n) is 2.69. The number of rotatable bonds is 7. The van der Waals surface area contributed by atoms with Crippen molar-refractivity contribution in [2.75, 3.05) is 25.0 Å². The van der Waals surface area contributed by atoms with Crippen molar-refractivity contribution in [2.24, 2.45) is 0 Å². The van der Waals surface area contributed by atoms with Crippen molar-refractivity contribution in [2.45, 2.75) is 13.5 Å². The normalized spacial score (nSPS) is 10.7. The molecule has 3 rings (SSSR count). The Morgan fingerprint density at radius 3 is 2.56 bits per heavy atom. The quantitative estimate of drug-likeness (QED) is 0.658. The van der Waals surface area contributed by atoms with Gasteiger partial charge >= 0.3 is 0 Å². The molecule has 0 fully saturated rings. The highest BCUT2D eigenvalue weighted by atomic mass is 32.1. The SMILES string of the molecule is CNC(=O)CNCC(=O)N(Cc1ccccc1)c1nc2c(C)cccc2s1. The number of aryl methyl sites for hydroxylation is 1. The number of aromatic nitrogens is 1. The number of carbonyl (C=O) groups is 2. The zero-order valence-corrected chi connectivity index (χ0v) is 16.2. The molecule has 6 nitrogen and oxygen atoms in total. The van der Waals surface area contributed by atoms with Crippen molar-refractivity contribution in [3.63, 3.8) is 0 Å². The molecule has 2 aromatic carbocycles. The lowest BCUT2D eigenvalue weighted by Crippen LogP contribution is -2.41. The molecule has 27 heavy (non-hydrogen) atoms. The third kappa shape index (κ3) is 4.69. The number of hydrogen-bond donors (Lipinski definition) is 2. The first-order chi connectivity index (χ1) is 13.1. The Labute approximate surface area is 162 Å². The summed E-state index contributed by atoms with van der Waals surface area (Å²) in [7, 11) is 1.57. The third-order valence-electron chi connectivity index (χ3n) is 4.17. The lowest BCUT2D eigenvalue weighted by Gasteiger charge is -2.20. The summed E-state index contributed by atoms with van der Waals surface area (Å²) in [4.78, 5) is 30.6. The van der Waals surface area contributed by atoms with Gasteiger partial charge in [-0.25, -0.2) is 4.98 Å². The van der Waals surface area contributed by atoms with Gasteiger partial charge in [0.25, 0.3) is 0 Å². The molecular formula is C20H22N4O2S. The van der Waals surface area contributed by atoms with E-state index >= 15 is 0 Å². The van der Waals surface area contributed by atoms with Crippen LogP contribution in [0.5, 0.6) is 0 Å². The molecule has 0 saturated heterocycles. The van der Waals surface area contributed by atoms with Gasteiger partial charge in [0.05, 0.1) is 29.9 Å². The van der Waals surface area contributed by atoms with E-state index in [4.69, 9.17) is 4.98 Å². The highest BCUT2D eigenvalue weighted by molar-refractivity contribution is 7.22. The Bertz CT molecular complexity index is 940. The van der Waals surface area contributed by atoms with Crippen LogP contribution < -0.4 is 15.5 Å². The number of amides is 2. The second kappa shape index (κ2) is 8.75. The number of carbonyl (C=O) groups excluding carboxylic acids is 2. The Balaban J connectivity index is 1.85. The lowest BCUT2D eigenvalue weighted by molar-refractivity contribution is -0.120. The van der Waals surface area contributed by atoms with E-state index in [0.717, 1.165) is 21.3 Å². The molecule has 1 heterocycles. The van der Waals surface area contributed by atoms with E-state index in [1.807, 2.05) is 55.5 Å². The Morgan fingerprint density at radius 1 is 1.07 bits per heavy atom. The summed E-state index contributed by atoms with van der Waals surface area (Å²) in [5.74, 6) is -0.285. The van der Waals surface area contributed by atoms with Gasteiger partial charge in [0.15, 0.2) is 5.13 Å². The predicted molar refractivity (Wildman–Crippen MR) is 109 cm³/mol. The van der Waals surface area contributed by atoms with Crippen molar-refractivity contribution < 1.29 is 9.59 Å². The molecule has 0 bridgehead atoms. The second-order valence-electron chi connectivity index (χ2n) is 6.16. The first-order valence-electron chi connectivity index (χ1n) is 8.70. The maximum Gasteiger partial charge on any atom is 0.243 e. The Morgan fingerprint density at radius 2 is 1.85 bits per heavy atom. The van der Waals surface area contributed by atoms with Crippen molar-refractivity contribution in [3.05, 3.63) is 59.7 Å². The fraction of sp³-hybridized carbons (Fsp3) is 0.250. The van der Waals surface area contributed by atoms with E-state index in [2.05, 4.69) is 10.6 Å². The van der Waals surface area contributed by atoms with Gasteiger partial charge in [0.2, 0.25) is 11.8 Å². The van der Waals surface area contributed by atoms with Crippen LogP contribution in [0.1, 0.15) is 11.1 Å². The third-order valence-corrected chi connectivity index (χ3v) is 5.21. The molecule has 0 atom stereocenters. The van der Waals surface area contributed by atoms with E-state index in [-0.39, 0.29) is 24.9 Å². The molecule has 2 N–H and O–H groups in total. The average Bonchev–Trinajstić information content (AvgIpc) is 3.12. The van der Waals surface area contributed by atoms with Gasteiger partial charge in [-0.3, -0.25) is 19.8 Å². The molecular weight excluding hydrogens is 360 g/mol. The molecule has 2 amide bonds. The van der Waals surface area contributed by atoms with Gasteiger partial charge in [-0.05, 0) is 24.1 Å². The molecule has 1 aromatic heterocycles. The molecule has 3 aromatic rings. The number of fused-ring (bicyclic) bond motifs is 1. The highest BCUT2D eigenvalue weighted by Gasteiger charge is 2.20. The molecule has 0 spiro atoms. The van der Waals surface area contributed by atoms with Gasteiger partial charge in [-0.1, -0.05) is 53.8 Å². The van der Waals surface area contributed by atoms with Crippen LogP contribution in [0.25, 0.3) is 10.2 Å². The summed E-state index contributed by atoms with van der Waals surface area (Å²) < 4.78 is 1.05. The topological polar surface area (TPSA) is 74.3 Å². The summed E-state index contributed by atoms with van der Waals surface area (Å²) in [5, 5.41) is 6.08. The van der Waals surface area contributed by atoms with Crippen LogP contribution in [-0.4, -0.2) is 36.9 Å². The van der Waals surface area contributed by atoms with Crippen molar-refractivity contribution >= 4 is 38.5 Å². The smallest absolute Gasteiger partial charge is 0.243 e. The van der Waals surface area contributed by atoms with E-state index in [0.29, 0.717) is 11.7 Å². The summed E-state index contributed by atoms with van der Waals surface area (Å²) in [5.41, 5.74) is 3.02. The van der Waals surface area contributed by atoms with Gasteiger partial charge in [0, 0.05) is 7.05 Å². The monoisotopic (exact) mass is 382 g/mol. The average molecular weight is 382 g/mol. The number of anilines is 1. The zero-order chi connectivity index (χ0) is 19.2. The maximum absolute atomic E-state index is 12.9. The van der Waals surface area contributed by atoms with Gasteiger partial charge in [-0.2, -0.15) is 0 Å². The highest BCUT2D eigenvalue weighted by Crippen LogP contribution is 2.31. The molecule has 0 aliphatic heterocycles. The number of thiazole rings is 1. The molecule has 140 valence electrons. The molecule has 0 saturated carbocycles. The first kappa shape index (κ1) is 19.0. The van der Waals surface area contributed by atoms with Gasteiger partial charge in [-0.15, -0.1) is 0 Å². The van der Waals surface area contributed by atoms with Crippen molar-refractivity contribution in [3.8, 4) is 0 Å². The minimum Gasteiger partial charge on any atom is -0.358 e. The summed E-state index contributed by atoms with van der Waals surface area (Å²) >= 11 is 1.50. The van der Waals surface area contributed by atoms with Crippen LogP contribution in [0.3, 0.4) is 0 Å². The molecule has 0 aliphatic carbocycles. The van der Waals surface area contributed by atoms with Crippen LogP contribution in [-0.2, 0) is 16.1 Å². The number of nitrogens with zero attached hydrogens (tertiary/aromatic N) is 2. The van der Waals surface area contributed by atoms with Gasteiger partial charge in [0.1, 0.15) is 0 Å². The van der Waals surface area contributed by atoms with Crippen LogP contribution in [0.15, 0.2) is 48.5 Å². The lowest BCUT2D eigenvalue weighted by atomic mass is 10.2. The van der Waals surface area contributed by atoms with Crippen molar-refractivity contribution in [1.29, 1.82) is 0 Å². The van der Waals surface area contributed by atoms with E-state index in [1.165, 1.54) is 11.3 Å². The van der Waals surface area contributed by atoms with E-state index in [1.54, 1.807) is 11.9 Å². The van der Waals surface area contributed by atoms with Crippen LogP contribution >= 0.6 is 11.3 Å². The summed E-state index contributed by atoms with van der Waals surface area (Å²) in [6.45, 7) is 2.61. The first-order valence-corrected chi connectivity index (χ1v) is 9.52. The van der Waals surface area contributed by atoms with Crippen LogP contribution in [0, 0.1) is 6.92 Å². The number of nitrogens with one attached hydrogen (secondary N) is 2. The minimum absolute atomic E-state index is 0.0646. The number of benzene rings is 2. The Hall–Kier alpha value is -2.77. The number of likely N-dealkylation sites (N-methyl/N-ethyl adjacent to an activating group) is 1. The van der Waals surface area contributed by atoms with Crippen LogP contribution in [0.2, 0.25) is 0 Å². The largest absolute Gasteiger partial charge is 0.358 e. The minimum atomic E-state index is -0.159. The predicted octanol–water partition coefficient (Wildman–Crippen LogP) is 2.47. The molecule has 0 radical (unpaired) electrons. The van der Waals surface area contributed by atoms with E-state index in [9.17, 15) is 9.59 Å². The summed E-state index contributed by atoms with van der Waals surface area (Å²) in [6, 6.07) is 15.8. The molecule has 7 heteroatoms. The number of hydrogen-bond acceptors (Lipinski definition) is 5. The standard InChI is InChI=1S/C20H22N4O2S/c1-14-7-6-10-16-19(14)23-20(27-16)24(13-15-8-4-3-5-9-15)18(26)12-22-11-17(25)21-2/h3-10,22H,11-13H2,1-2H3,(H,21,25). The van der Waals surface area contributed by atoms with Gasteiger partial charge < -0.3 is 5.32 Å². The summed E-state index contributed by atoms with van der Waals surface area (Å²) in [6.07, 6.45) is 0. The maximum atomic E-state index is 12.9. The zero-order valence-electron chi connectivity index (χ0n) is 15.4. The second-order valence-corrected chi connectivity index (χ2v) is 7.17.